The molecule has 0 atom stereocenters. The van der Waals surface area contributed by atoms with E-state index in [0.29, 0.717) is 22.2 Å². The van der Waals surface area contributed by atoms with Crippen LogP contribution in [0.2, 0.25) is 5.02 Å². The predicted octanol–water partition coefficient (Wildman–Crippen LogP) is 2.31. The Morgan fingerprint density at radius 3 is 3.00 bits per heavy atom. The molecule has 0 saturated heterocycles. The number of nitrogens with zero attached hydrogens (tertiary/aromatic N) is 1. The zero-order valence-corrected chi connectivity index (χ0v) is 10.9. The molecule has 0 aliphatic heterocycles. The molecule has 1 heterocycles. The summed E-state index contributed by atoms with van der Waals surface area (Å²) in [5.41, 5.74) is 6.73. The highest BCUT2D eigenvalue weighted by atomic mass is 35.5. The van der Waals surface area contributed by atoms with Crippen LogP contribution in [0.3, 0.4) is 0 Å². The standard InChI is InChI=1S/C12H12ClN3O3/c1-18-6-8-5-11(16-19-8)12(17)15-7-2-3-9(13)10(14)4-7/h2-5H,6,14H2,1H3,(H,15,17). The molecule has 0 aliphatic carbocycles. The van der Waals surface area contributed by atoms with Crippen molar-refractivity contribution in [3.05, 3.63) is 40.7 Å². The molecule has 1 amide bonds. The average Bonchev–Trinajstić information content (AvgIpc) is 2.83. The van der Waals surface area contributed by atoms with Crippen molar-refractivity contribution in [3.8, 4) is 0 Å². The van der Waals surface area contributed by atoms with Crippen molar-refractivity contribution in [1.82, 2.24) is 5.16 Å². The molecular weight excluding hydrogens is 270 g/mol. The number of rotatable bonds is 4. The Balaban J connectivity index is 2.09. The molecule has 1 aromatic heterocycles. The third-order valence-electron chi connectivity index (χ3n) is 2.33. The van der Waals surface area contributed by atoms with E-state index >= 15 is 0 Å². The number of carbonyl (C=O) groups is 1. The van der Waals surface area contributed by atoms with Gasteiger partial charge in [-0.25, -0.2) is 0 Å². The maximum Gasteiger partial charge on any atom is 0.277 e. The van der Waals surface area contributed by atoms with Gasteiger partial charge in [0.2, 0.25) is 0 Å². The van der Waals surface area contributed by atoms with Crippen LogP contribution in [0.15, 0.2) is 28.8 Å². The molecule has 7 heteroatoms. The number of amides is 1. The van der Waals surface area contributed by atoms with Crippen LogP contribution < -0.4 is 11.1 Å². The van der Waals surface area contributed by atoms with Crippen LogP contribution in [0.5, 0.6) is 0 Å². The molecule has 1 aromatic carbocycles. The maximum atomic E-state index is 11.9. The molecule has 2 aromatic rings. The second-order valence-corrected chi connectivity index (χ2v) is 4.21. The van der Waals surface area contributed by atoms with E-state index in [1.54, 1.807) is 18.2 Å². The lowest BCUT2D eigenvalue weighted by atomic mass is 10.2. The van der Waals surface area contributed by atoms with Crippen molar-refractivity contribution in [1.29, 1.82) is 0 Å². The van der Waals surface area contributed by atoms with E-state index in [1.807, 2.05) is 0 Å². The molecular formula is C12H12ClN3O3. The van der Waals surface area contributed by atoms with Crippen LogP contribution in [0.25, 0.3) is 0 Å². The second-order valence-electron chi connectivity index (χ2n) is 3.80. The number of ether oxygens (including phenoxy) is 1. The van der Waals surface area contributed by atoms with E-state index in [-0.39, 0.29) is 12.3 Å². The monoisotopic (exact) mass is 281 g/mol. The van der Waals surface area contributed by atoms with E-state index in [1.165, 1.54) is 13.2 Å². The highest BCUT2D eigenvalue weighted by Gasteiger charge is 2.13. The number of nitrogens with one attached hydrogen (secondary N) is 1. The van der Waals surface area contributed by atoms with Crippen molar-refractivity contribution < 1.29 is 14.1 Å². The van der Waals surface area contributed by atoms with Gasteiger partial charge in [0.05, 0.1) is 10.7 Å². The van der Waals surface area contributed by atoms with E-state index in [4.69, 9.17) is 26.6 Å². The van der Waals surface area contributed by atoms with Crippen molar-refractivity contribution in [3.63, 3.8) is 0 Å². The zero-order valence-electron chi connectivity index (χ0n) is 10.1. The molecule has 0 bridgehead atoms. The van der Waals surface area contributed by atoms with Crippen molar-refractivity contribution >= 4 is 28.9 Å². The summed E-state index contributed by atoms with van der Waals surface area (Å²) in [6, 6.07) is 6.33. The summed E-state index contributed by atoms with van der Waals surface area (Å²) in [6.07, 6.45) is 0. The van der Waals surface area contributed by atoms with Crippen LogP contribution in [0.1, 0.15) is 16.2 Å². The molecule has 19 heavy (non-hydrogen) atoms. The van der Waals surface area contributed by atoms with Gasteiger partial charge in [0.25, 0.3) is 5.91 Å². The summed E-state index contributed by atoms with van der Waals surface area (Å²) in [5, 5.41) is 6.72. The minimum atomic E-state index is -0.396. The lowest BCUT2D eigenvalue weighted by Gasteiger charge is -2.04. The number of nitrogens with two attached hydrogens (primary N) is 1. The molecule has 100 valence electrons. The predicted molar refractivity (Wildman–Crippen MR) is 71.0 cm³/mol. The molecule has 0 unspecified atom stereocenters. The van der Waals surface area contributed by atoms with Crippen molar-refractivity contribution in [2.45, 2.75) is 6.61 Å². The first-order chi connectivity index (χ1) is 9.10. The number of carbonyl (C=O) groups excluding carboxylic acids is 1. The van der Waals surface area contributed by atoms with Gasteiger partial charge >= 0.3 is 0 Å². The summed E-state index contributed by atoms with van der Waals surface area (Å²) in [7, 11) is 1.53. The van der Waals surface area contributed by atoms with E-state index < -0.39 is 5.91 Å². The molecule has 0 fully saturated rings. The van der Waals surface area contributed by atoms with Crippen LogP contribution in [0.4, 0.5) is 11.4 Å². The minimum Gasteiger partial charge on any atom is -0.397 e. The number of hydrogen-bond donors (Lipinski definition) is 2. The molecule has 0 aliphatic rings. The van der Waals surface area contributed by atoms with Crippen LogP contribution in [0, 0.1) is 0 Å². The maximum absolute atomic E-state index is 11.9. The first kappa shape index (κ1) is 13.4. The smallest absolute Gasteiger partial charge is 0.277 e. The molecule has 0 spiro atoms. The molecule has 0 radical (unpaired) electrons. The van der Waals surface area contributed by atoms with Gasteiger partial charge in [-0.3, -0.25) is 4.79 Å². The van der Waals surface area contributed by atoms with Gasteiger partial charge in [0, 0.05) is 18.9 Å². The number of hydrogen-bond acceptors (Lipinski definition) is 5. The average molecular weight is 282 g/mol. The summed E-state index contributed by atoms with van der Waals surface area (Å²) in [4.78, 5) is 11.9. The SMILES string of the molecule is COCc1cc(C(=O)Nc2ccc(Cl)c(N)c2)no1. The first-order valence-electron chi connectivity index (χ1n) is 5.41. The molecule has 6 nitrogen and oxygen atoms in total. The third-order valence-corrected chi connectivity index (χ3v) is 2.68. The number of benzene rings is 1. The quantitative estimate of drug-likeness (QED) is 0.839. The Kier molecular flexibility index (Phi) is 4.03. The third kappa shape index (κ3) is 3.24. The lowest BCUT2D eigenvalue weighted by molar-refractivity contribution is 0.101. The highest BCUT2D eigenvalue weighted by molar-refractivity contribution is 6.33. The van der Waals surface area contributed by atoms with Crippen LogP contribution >= 0.6 is 11.6 Å². The van der Waals surface area contributed by atoms with E-state index in [2.05, 4.69) is 10.5 Å². The van der Waals surface area contributed by atoms with Gasteiger partial charge in [0.15, 0.2) is 11.5 Å². The molecule has 3 N–H and O–H groups in total. The van der Waals surface area contributed by atoms with E-state index in [9.17, 15) is 4.79 Å². The summed E-state index contributed by atoms with van der Waals surface area (Å²) in [5.74, 6) is 0.0797. The number of nitrogen functional groups attached to an aromatic ring is 1. The largest absolute Gasteiger partial charge is 0.397 e. The molecule has 2 rings (SSSR count). The van der Waals surface area contributed by atoms with Gasteiger partial charge in [-0.15, -0.1) is 0 Å². The lowest BCUT2D eigenvalue weighted by Crippen LogP contribution is -2.12. The fraction of sp³-hybridized carbons (Fsp3) is 0.167. The van der Waals surface area contributed by atoms with Crippen molar-refractivity contribution in [2.75, 3.05) is 18.2 Å². The normalized spacial score (nSPS) is 10.4. The number of halogens is 1. The van der Waals surface area contributed by atoms with Crippen LogP contribution in [-0.2, 0) is 11.3 Å². The first-order valence-corrected chi connectivity index (χ1v) is 5.79. The minimum absolute atomic E-state index is 0.167. The Morgan fingerprint density at radius 2 is 2.32 bits per heavy atom. The Hall–Kier alpha value is -2.05. The highest BCUT2D eigenvalue weighted by Crippen LogP contribution is 2.22. The topological polar surface area (TPSA) is 90.4 Å². The summed E-state index contributed by atoms with van der Waals surface area (Å²) >= 11 is 5.79. The van der Waals surface area contributed by atoms with Crippen molar-refractivity contribution in [2.24, 2.45) is 0 Å². The Labute approximate surface area is 114 Å². The van der Waals surface area contributed by atoms with Gasteiger partial charge in [0.1, 0.15) is 6.61 Å². The second kappa shape index (κ2) is 5.73. The van der Waals surface area contributed by atoms with Gasteiger partial charge in [-0.1, -0.05) is 16.8 Å². The number of anilines is 2. The number of methoxy groups -OCH3 is 1. The summed E-state index contributed by atoms with van der Waals surface area (Å²) in [6.45, 7) is 0.258. The fourth-order valence-electron chi connectivity index (χ4n) is 1.45. The fourth-order valence-corrected chi connectivity index (χ4v) is 1.56. The molecule has 0 saturated carbocycles. The van der Waals surface area contributed by atoms with Gasteiger partial charge in [-0.2, -0.15) is 0 Å². The Bertz CT molecular complexity index is 598. The van der Waals surface area contributed by atoms with Gasteiger partial charge < -0.3 is 20.3 Å². The van der Waals surface area contributed by atoms with Gasteiger partial charge in [-0.05, 0) is 18.2 Å². The Morgan fingerprint density at radius 1 is 1.53 bits per heavy atom. The summed E-state index contributed by atoms with van der Waals surface area (Å²) < 4.78 is 9.80. The van der Waals surface area contributed by atoms with E-state index in [0.717, 1.165) is 0 Å². The van der Waals surface area contributed by atoms with Crippen LogP contribution in [-0.4, -0.2) is 18.2 Å². The number of aromatic nitrogens is 1. The zero-order chi connectivity index (χ0) is 13.8.